The van der Waals surface area contributed by atoms with Crippen molar-refractivity contribution >= 4 is 11.6 Å². The van der Waals surface area contributed by atoms with E-state index in [1.807, 2.05) is 12.1 Å². The summed E-state index contributed by atoms with van der Waals surface area (Å²) in [5.74, 6) is 0.708. The lowest BCUT2D eigenvalue weighted by atomic mass is 10.1. The molecule has 68 valence electrons. The zero-order chi connectivity index (χ0) is 9.97. The molecule has 1 heterocycles. The minimum Gasteiger partial charge on any atom is -0.464 e. The van der Waals surface area contributed by atoms with Crippen molar-refractivity contribution in [2.24, 2.45) is 0 Å². The third kappa shape index (κ3) is 1.50. The molecule has 0 aliphatic heterocycles. The second-order valence-corrected chi connectivity index (χ2v) is 3.19. The van der Waals surface area contributed by atoms with Gasteiger partial charge in [0.25, 0.3) is 0 Å². The molecule has 0 radical (unpaired) electrons. The van der Waals surface area contributed by atoms with Gasteiger partial charge in [0.2, 0.25) is 0 Å². The van der Waals surface area contributed by atoms with E-state index in [1.54, 1.807) is 30.5 Å². The van der Waals surface area contributed by atoms with Crippen LogP contribution in [0.2, 0.25) is 5.02 Å². The van der Waals surface area contributed by atoms with Crippen LogP contribution in [-0.2, 0) is 0 Å². The van der Waals surface area contributed by atoms with E-state index in [-0.39, 0.29) is 0 Å². The Labute approximate surface area is 86.3 Å². The molecule has 0 bridgehead atoms. The van der Waals surface area contributed by atoms with Gasteiger partial charge in [0.15, 0.2) is 0 Å². The van der Waals surface area contributed by atoms with Gasteiger partial charge in [0.05, 0.1) is 22.9 Å². The Balaban J connectivity index is 2.52. The van der Waals surface area contributed by atoms with Gasteiger partial charge in [0.1, 0.15) is 5.76 Å². The average molecular weight is 204 g/mol. The van der Waals surface area contributed by atoms with Crippen LogP contribution in [0.25, 0.3) is 11.3 Å². The smallest absolute Gasteiger partial charge is 0.135 e. The summed E-state index contributed by atoms with van der Waals surface area (Å²) in [5.41, 5.74) is 1.35. The van der Waals surface area contributed by atoms with E-state index in [4.69, 9.17) is 21.3 Å². The Morgan fingerprint density at radius 1 is 1.29 bits per heavy atom. The Bertz CT molecular complexity index is 482. The number of rotatable bonds is 1. The molecule has 0 saturated heterocycles. The molecule has 0 fully saturated rings. The fraction of sp³-hybridized carbons (Fsp3) is 0. The van der Waals surface area contributed by atoms with E-state index >= 15 is 0 Å². The first kappa shape index (κ1) is 8.86. The Morgan fingerprint density at radius 3 is 2.71 bits per heavy atom. The standard InChI is InChI=1S/C11H6ClNO/c12-10-6-8(7-13)3-4-9(10)11-2-1-5-14-11/h1-6H. The SMILES string of the molecule is N#Cc1ccc(-c2ccco2)c(Cl)c1. The van der Waals surface area contributed by atoms with Crippen molar-refractivity contribution in [2.75, 3.05) is 0 Å². The predicted molar refractivity (Wildman–Crippen MR) is 53.9 cm³/mol. The summed E-state index contributed by atoms with van der Waals surface area (Å²) in [6, 6.07) is 10.8. The van der Waals surface area contributed by atoms with Crippen LogP contribution in [0.5, 0.6) is 0 Å². The van der Waals surface area contributed by atoms with Crippen molar-refractivity contribution in [3.63, 3.8) is 0 Å². The highest BCUT2D eigenvalue weighted by Crippen LogP contribution is 2.28. The van der Waals surface area contributed by atoms with Crippen molar-refractivity contribution in [1.29, 1.82) is 5.26 Å². The van der Waals surface area contributed by atoms with Crippen LogP contribution in [0.3, 0.4) is 0 Å². The van der Waals surface area contributed by atoms with E-state index in [0.29, 0.717) is 16.3 Å². The summed E-state index contributed by atoms with van der Waals surface area (Å²) >= 11 is 5.99. The molecule has 2 rings (SSSR count). The summed E-state index contributed by atoms with van der Waals surface area (Å²) in [5, 5.41) is 9.18. The van der Waals surface area contributed by atoms with Crippen molar-refractivity contribution in [2.45, 2.75) is 0 Å². The Morgan fingerprint density at radius 2 is 2.14 bits per heavy atom. The topological polar surface area (TPSA) is 36.9 Å². The zero-order valence-corrected chi connectivity index (χ0v) is 7.95. The number of benzene rings is 1. The monoisotopic (exact) mass is 203 g/mol. The minimum absolute atomic E-state index is 0.527. The highest BCUT2D eigenvalue weighted by Gasteiger charge is 2.06. The quantitative estimate of drug-likeness (QED) is 0.712. The second-order valence-electron chi connectivity index (χ2n) is 2.78. The third-order valence-corrected chi connectivity index (χ3v) is 2.20. The number of halogens is 1. The minimum atomic E-state index is 0.527. The van der Waals surface area contributed by atoms with Crippen molar-refractivity contribution in [3.8, 4) is 17.4 Å². The van der Waals surface area contributed by atoms with Crippen LogP contribution in [0.4, 0.5) is 0 Å². The number of nitriles is 1. The van der Waals surface area contributed by atoms with Crippen LogP contribution in [-0.4, -0.2) is 0 Å². The first-order valence-electron chi connectivity index (χ1n) is 4.05. The van der Waals surface area contributed by atoms with Gasteiger partial charge in [-0.05, 0) is 30.3 Å². The maximum Gasteiger partial charge on any atom is 0.135 e. The lowest BCUT2D eigenvalue weighted by Crippen LogP contribution is -1.79. The molecule has 0 aliphatic rings. The van der Waals surface area contributed by atoms with E-state index in [1.165, 1.54) is 0 Å². The molecule has 0 amide bonds. The van der Waals surface area contributed by atoms with Gasteiger partial charge in [-0.1, -0.05) is 11.6 Å². The lowest BCUT2D eigenvalue weighted by molar-refractivity contribution is 0.582. The first-order valence-corrected chi connectivity index (χ1v) is 4.42. The summed E-state index contributed by atoms with van der Waals surface area (Å²) in [6.45, 7) is 0. The Kier molecular flexibility index (Phi) is 2.26. The van der Waals surface area contributed by atoms with Crippen LogP contribution >= 0.6 is 11.6 Å². The number of hydrogen-bond acceptors (Lipinski definition) is 2. The third-order valence-electron chi connectivity index (χ3n) is 1.88. The summed E-state index contributed by atoms with van der Waals surface area (Å²) < 4.78 is 5.21. The molecule has 0 saturated carbocycles. The fourth-order valence-electron chi connectivity index (χ4n) is 1.22. The van der Waals surface area contributed by atoms with Crippen LogP contribution in [0.15, 0.2) is 41.0 Å². The van der Waals surface area contributed by atoms with Gasteiger partial charge >= 0.3 is 0 Å². The molecule has 0 N–H and O–H groups in total. The molecular weight excluding hydrogens is 198 g/mol. The van der Waals surface area contributed by atoms with Gasteiger partial charge in [-0.15, -0.1) is 0 Å². The van der Waals surface area contributed by atoms with Gasteiger partial charge in [-0.25, -0.2) is 0 Å². The van der Waals surface area contributed by atoms with Gasteiger partial charge in [-0.3, -0.25) is 0 Å². The predicted octanol–water partition coefficient (Wildman–Crippen LogP) is 3.47. The van der Waals surface area contributed by atoms with Crippen molar-refractivity contribution in [3.05, 3.63) is 47.2 Å². The number of furan rings is 1. The van der Waals surface area contributed by atoms with Gasteiger partial charge in [-0.2, -0.15) is 5.26 Å². The van der Waals surface area contributed by atoms with E-state index in [9.17, 15) is 0 Å². The molecule has 2 aromatic rings. The van der Waals surface area contributed by atoms with E-state index in [2.05, 4.69) is 0 Å². The molecule has 0 aliphatic carbocycles. The van der Waals surface area contributed by atoms with Crippen LogP contribution < -0.4 is 0 Å². The molecule has 0 atom stereocenters. The van der Waals surface area contributed by atoms with Gasteiger partial charge in [0, 0.05) is 5.56 Å². The molecule has 1 aromatic carbocycles. The summed E-state index contributed by atoms with van der Waals surface area (Å²) in [7, 11) is 0. The maximum absolute atomic E-state index is 8.65. The lowest BCUT2D eigenvalue weighted by Gasteiger charge is -1.99. The Hall–Kier alpha value is -1.72. The van der Waals surface area contributed by atoms with Gasteiger partial charge < -0.3 is 4.42 Å². The van der Waals surface area contributed by atoms with E-state index in [0.717, 1.165) is 5.56 Å². The molecule has 14 heavy (non-hydrogen) atoms. The maximum atomic E-state index is 8.65. The molecule has 2 nitrogen and oxygen atoms in total. The summed E-state index contributed by atoms with van der Waals surface area (Å²) in [4.78, 5) is 0. The second kappa shape index (κ2) is 3.57. The zero-order valence-electron chi connectivity index (χ0n) is 7.20. The fourth-order valence-corrected chi connectivity index (χ4v) is 1.49. The molecule has 1 aromatic heterocycles. The van der Waals surface area contributed by atoms with Crippen LogP contribution in [0, 0.1) is 11.3 Å². The van der Waals surface area contributed by atoms with Crippen molar-refractivity contribution < 1.29 is 4.42 Å². The number of nitrogens with zero attached hydrogens (tertiary/aromatic N) is 1. The normalized spacial score (nSPS) is 9.71. The largest absolute Gasteiger partial charge is 0.464 e. The first-order chi connectivity index (χ1) is 6.81. The molecule has 3 heteroatoms. The molecule has 0 unspecified atom stereocenters. The highest BCUT2D eigenvalue weighted by molar-refractivity contribution is 6.33. The average Bonchev–Trinajstić information content (AvgIpc) is 2.70. The van der Waals surface area contributed by atoms with Crippen LogP contribution in [0.1, 0.15) is 5.56 Å². The molecular formula is C11H6ClNO. The van der Waals surface area contributed by atoms with Crippen molar-refractivity contribution in [1.82, 2.24) is 0 Å². The highest BCUT2D eigenvalue weighted by atomic mass is 35.5. The number of hydrogen-bond donors (Lipinski definition) is 0. The molecule has 0 spiro atoms. The summed E-state index contributed by atoms with van der Waals surface area (Å²) in [6.07, 6.45) is 1.59. The van der Waals surface area contributed by atoms with E-state index < -0.39 is 0 Å².